The van der Waals surface area contributed by atoms with Gasteiger partial charge in [-0.2, -0.15) is 0 Å². The molecule has 2 atom stereocenters. The lowest BCUT2D eigenvalue weighted by molar-refractivity contribution is -0.140. The number of benzene rings is 3. The van der Waals surface area contributed by atoms with Gasteiger partial charge in [0, 0.05) is 24.0 Å². The van der Waals surface area contributed by atoms with Crippen molar-refractivity contribution < 1.29 is 18.0 Å². The second-order valence-electron chi connectivity index (χ2n) is 9.96. The maximum atomic E-state index is 14.1. The predicted octanol–water partition coefficient (Wildman–Crippen LogP) is 5.22. The number of amides is 2. The molecule has 3 rings (SSSR count). The molecule has 0 spiro atoms. The van der Waals surface area contributed by atoms with Crippen molar-refractivity contribution in [1.82, 2.24) is 10.2 Å². The summed E-state index contributed by atoms with van der Waals surface area (Å²) in [5.41, 5.74) is 3.05. The average molecular weight is 584 g/mol. The molecular weight excluding hydrogens is 546 g/mol. The molecule has 7 nitrogen and oxygen atoms in total. The fourth-order valence-corrected chi connectivity index (χ4v) is 5.40. The third-order valence-electron chi connectivity index (χ3n) is 6.83. The number of nitrogens with zero attached hydrogens (tertiary/aromatic N) is 2. The second-order valence-corrected chi connectivity index (χ2v) is 12.3. The number of rotatable bonds is 13. The molecule has 0 aromatic heterocycles. The van der Waals surface area contributed by atoms with Crippen LogP contribution >= 0.6 is 11.6 Å². The van der Waals surface area contributed by atoms with E-state index in [1.807, 2.05) is 69.3 Å². The van der Waals surface area contributed by atoms with Gasteiger partial charge in [0.1, 0.15) is 12.6 Å². The molecule has 2 unspecified atom stereocenters. The Morgan fingerprint density at radius 3 is 2.12 bits per heavy atom. The second kappa shape index (κ2) is 14.3. The van der Waals surface area contributed by atoms with E-state index in [-0.39, 0.29) is 24.9 Å². The van der Waals surface area contributed by atoms with E-state index in [4.69, 9.17) is 11.6 Å². The zero-order valence-electron chi connectivity index (χ0n) is 23.5. The number of carbonyl (C=O) groups excluding carboxylic acids is 2. The Kier molecular flexibility index (Phi) is 11.2. The van der Waals surface area contributed by atoms with E-state index >= 15 is 0 Å². The van der Waals surface area contributed by atoms with Crippen LogP contribution in [0.5, 0.6) is 0 Å². The average Bonchev–Trinajstić information content (AvgIpc) is 2.93. The standard InChI is InChI=1S/C31H38ClN3O4S/c1-5-23(3)33-31(37)29(20-25-11-8-7-9-12-25)34(21-26-13-10-14-27(32)19-26)30(36)22-35(40(4,38)39)28-17-15-24(6-2)16-18-28/h7-19,23,29H,5-6,20-22H2,1-4H3,(H,33,37). The van der Waals surface area contributed by atoms with Crippen molar-refractivity contribution in [2.75, 3.05) is 17.1 Å². The van der Waals surface area contributed by atoms with Crippen molar-refractivity contribution in [3.63, 3.8) is 0 Å². The molecule has 3 aromatic carbocycles. The van der Waals surface area contributed by atoms with Gasteiger partial charge in [0.25, 0.3) is 0 Å². The fraction of sp³-hybridized carbons (Fsp3) is 0.355. The summed E-state index contributed by atoms with van der Waals surface area (Å²) < 4.78 is 26.9. The predicted molar refractivity (Wildman–Crippen MR) is 162 cm³/mol. The van der Waals surface area contributed by atoms with Crippen LogP contribution in [-0.2, 0) is 39.0 Å². The van der Waals surface area contributed by atoms with Crippen LogP contribution in [0.4, 0.5) is 5.69 Å². The number of carbonyl (C=O) groups is 2. The SMILES string of the molecule is CCc1ccc(N(CC(=O)N(Cc2cccc(Cl)c2)C(Cc2ccccc2)C(=O)NC(C)CC)S(C)(=O)=O)cc1. The van der Waals surface area contributed by atoms with Crippen molar-refractivity contribution in [1.29, 1.82) is 0 Å². The fourth-order valence-electron chi connectivity index (χ4n) is 4.34. The van der Waals surface area contributed by atoms with Crippen LogP contribution in [0.1, 0.15) is 43.9 Å². The highest BCUT2D eigenvalue weighted by Gasteiger charge is 2.33. The first-order valence-electron chi connectivity index (χ1n) is 13.5. The summed E-state index contributed by atoms with van der Waals surface area (Å²) in [6, 6.07) is 22.7. The number of anilines is 1. The molecule has 214 valence electrons. The third kappa shape index (κ3) is 8.83. The minimum atomic E-state index is -3.81. The summed E-state index contributed by atoms with van der Waals surface area (Å²) in [7, 11) is -3.81. The minimum absolute atomic E-state index is 0.0805. The maximum Gasteiger partial charge on any atom is 0.244 e. The summed E-state index contributed by atoms with van der Waals surface area (Å²) in [5.74, 6) is -0.794. The molecule has 0 heterocycles. The summed E-state index contributed by atoms with van der Waals surface area (Å²) in [4.78, 5) is 29.2. The van der Waals surface area contributed by atoms with E-state index < -0.39 is 28.5 Å². The summed E-state index contributed by atoms with van der Waals surface area (Å²) in [6.07, 6.45) is 2.87. The third-order valence-corrected chi connectivity index (χ3v) is 8.20. The van der Waals surface area contributed by atoms with E-state index in [1.165, 1.54) is 4.90 Å². The highest BCUT2D eigenvalue weighted by molar-refractivity contribution is 7.92. The van der Waals surface area contributed by atoms with E-state index in [0.29, 0.717) is 10.7 Å². The van der Waals surface area contributed by atoms with Crippen molar-refractivity contribution in [2.24, 2.45) is 0 Å². The largest absolute Gasteiger partial charge is 0.352 e. The van der Waals surface area contributed by atoms with Crippen molar-refractivity contribution >= 4 is 39.1 Å². The van der Waals surface area contributed by atoms with E-state index in [1.54, 1.807) is 30.3 Å². The van der Waals surface area contributed by atoms with Gasteiger partial charge in [0.15, 0.2) is 0 Å². The Morgan fingerprint density at radius 2 is 1.55 bits per heavy atom. The topological polar surface area (TPSA) is 86.8 Å². The first kappa shape index (κ1) is 31.2. The molecule has 2 amide bonds. The minimum Gasteiger partial charge on any atom is -0.352 e. The highest BCUT2D eigenvalue weighted by Crippen LogP contribution is 2.22. The number of aryl methyl sites for hydroxylation is 1. The van der Waals surface area contributed by atoms with Gasteiger partial charge in [0.2, 0.25) is 21.8 Å². The zero-order valence-corrected chi connectivity index (χ0v) is 25.1. The Bertz CT molecular complexity index is 1380. The summed E-state index contributed by atoms with van der Waals surface area (Å²) >= 11 is 6.25. The van der Waals surface area contributed by atoms with E-state index in [0.717, 1.165) is 40.1 Å². The Balaban J connectivity index is 2.05. The number of halogens is 1. The summed E-state index contributed by atoms with van der Waals surface area (Å²) in [6.45, 7) is 5.52. The molecule has 0 radical (unpaired) electrons. The first-order valence-corrected chi connectivity index (χ1v) is 15.7. The van der Waals surface area contributed by atoms with Gasteiger partial charge < -0.3 is 10.2 Å². The monoisotopic (exact) mass is 583 g/mol. The lowest BCUT2D eigenvalue weighted by atomic mass is 10.0. The van der Waals surface area contributed by atoms with Crippen molar-refractivity contribution in [3.8, 4) is 0 Å². The molecule has 0 saturated heterocycles. The zero-order chi connectivity index (χ0) is 29.3. The molecule has 0 aliphatic rings. The smallest absolute Gasteiger partial charge is 0.244 e. The Morgan fingerprint density at radius 1 is 0.900 bits per heavy atom. The van der Waals surface area contributed by atoms with Crippen LogP contribution in [0.25, 0.3) is 0 Å². The van der Waals surface area contributed by atoms with Gasteiger partial charge in [-0.3, -0.25) is 13.9 Å². The van der Waals surface area contributed by atoms with Crippen molar-refractivity contribution in [3.05, 3.63) is 101 Å². The molecule has 0 saturated carbocycles. The number of nitrogens with one attached hydrogen (secondary N) is 1. The molecule has 0 fully saturated rings. The van der Waals surface area contributed by atoms with Crippen LogP contribution < -0.4 is 9.62 Å². The molecule has 9 heteroatoms. The van der Waals surface area contributed by atoms with Crippen LogP contribution in [0.15, 0.2) is 78.9 Å². The van der Waals surface area contributed by atoms with E-state index in [2.05, 4.69) is 5.32 Å². The van der Waals surface area contributed by atoms with Gasteiger partial charge in [-0.05, 0) is 60.7 Å². The van der Waals surface area contributed by atoms with Gasteiger partial charge in [-0.25, -0.2) is 8.42 Å². The molecule has 3 aromatic rings. The molecular formula is C31H38ClN3O4S. The normalized spacial score (nSPS) is 12.8. The Hall–Kier alpha value is -3.36. The van der Waals surface area contributed by atoms with Gasteiger partial charge in [-0.15, -0.1) is 0 Å². The van der Waals surface area contributed by atoms with Gasteiger partial charge in [0.05, 0.1) is 11.9 Å². The number of hydrogen-bond acceptors (Lipinski definition) is 4. The van der Waals surface area contributed by atoms with Gasteiger partial charge >= 0.3 is 0 Å². The lowest BCUT2D eigenvalue weighted by Crippen LogP contribution is -2.54. The highest BCUT2D eigenvalue weighted by atomic mass is 35.5. The maximum absolute atomic E-state index is 14.1. The molecule has 0 bridgehead atoms. The van der Waals surface area contributed by atoms with E-state index in [9.17, 15) is 18.0 Å². The molecule has 0 aliphatic heterocycles. The van der Waals surface area contributed by atoms with Crippen molar-refractivity contribution in [2.45, 2.75) is 58.7 Å². The molecule has 40 heavy (non-hydrogen) atoms. The van der Waals surface area contributed by atoms with Crippen LogP contribution in [-0.4, -0.2) is 50.0 Å². The lowest BCUT2D eigenvalue weighted by Gasteiger charge is -2.34. The van der Waals surface area contributed by atoms with Gasteiger partial charge in [-0.1, -0.05) is 80.0 Å². The number of hydrogen-bond donors (Lipinski definition) is 1. The Labute approximate surface area is 243 Å². The molecule has 1 N–H and O–H groups in total. The van der Waals surface area contributed by atoms with Crippen LogP contribution in [0, 0.1) is 0 Å². The molecule has 0 aliphatic carbocycles. The number of sulfonamides is 1. The quantitative estimate of drug-likeness (QED) is 0.299. The van der Waals surface area contributed by atoms with Crippen LogP contribution in [0.3, 0.4) is 0 Å². The van der Waals surface area contributed by atoms with Crippen LogP contribution in [0.2, 0.25) is 5.02 Å². The first-order chi connectivity index (χ1) is 19.0. The summed E-state index contributed by atoms with van der Waals surface area (Å²) in [5, 5.41) is 3.52.